The molecular formula is C30H40O8. The minimum absolute atomic E-state index is 0.144. The third-order valence-electron chi connectivity index (χ3n) is 6.90. The van der Waals surface area contributed by atoms with Crippen molar-refractivity contribution < 1.29 is 38.0 Å². The van der Waals surface area contributed by atoms with Gasteiger partial charge in [-0.3, -0.25) is 0 Å². The monoisotopic (exact) mass is 528 g/mol. The van der Waals surface area contributed by atoms with Crippen LogP contribution in [-0.4, -0.2) is 78.0 Å². The van der Waals surface area contributed by atoms with Crippen molar-refractivity contribution in [3.8, 4) is 0 Å². The first kappa shape index (κ1) is 28.5. The molecule has 0 unspecified atom stereocenters. The smallest absolute Gasteiger partial charge is 0.338 e. The number of rotatable bonds is 16. The normalized spacial score (nSPS) is 17.4. The molecule has 2 aliphatic heterocycles. The van der Waals surface area contributed by atoms with Gasteiger partial charge >= 0.3 is 11.9 Å². The maximum atomic E-state index is 12.8. The van der Waals surface area contributed by atoms with Gasteiger partial charge in [0.1, 0.15) is 0 Å². The Morgan fingerprint density at radius 2 is 1.05 bits per heavy atom. The first-order chi connectivity index (χ1) is 18.4. The molecular weight excluding hydrogens is 488 g/mol. The zero-order chi connectivity index (χ0) is 26.8. The van der Waals surface area contributed by atoms with Gasteiger partial charge in [0.2, 0.25) is 0 Å². The van der Waals surface area contributed by atoms with Crippen molar-refractivity contribution in [2.45, 2.75) is 39.5 Å². The van der Waals surface area contributed by atoms with Crippen molar-refractivity contribution in [1.82, 2.24) is 0 Å². The molecule has 2 aromatic carbocycles. The maximum absolute atomic E-state index is 12.8. The van der Waals surface area contributed by atoms with Crippen LogP contribution in [0, 0.1) is 10.8 Å². The van der Waals surface area contributed by atoms with E-state index in [2.05, 4.69) is 13.8 Å². The van der Waals surface area contributed by atoms with Gasteiger partial charge in [0, 0.05) is 24.0 Å². The third kappa shape index (κ3) is 7.76. The van der Waals surface area contributed by atoms with Crippen LogP contribution in [0.2, 0.25) is 0 Å². The summed E-state index contributed by atoms with van der Waals surface area (Å²) in [6.07, 6.45) is 3.08. The van der Waals surface area contributed by atoms with Gasteiger partial charge in [-0.05, 0) is 48.6 Å². The highest BCUT2D eigenvalue weighted by atomic mass is 16.5. The fourth-order valence-electron chi connectivity index (χ4n) is 4.47. The largest absolute Gasteiger partial charge is 0.462 e. The molecule has 2 aliphatic rings. The summed E-state index contributed by atoms with van der Waals surface area (Å²) in [4.78, 5) is 25.6. The number of hydrogen-bond donors (Lipinski definition) is 0. The molecule has 208 valence electrons. The van der Waals surface area contributed by atoms with Gasteiger partial charge in [-0.15, -0.1) is 0 Å². The van der Waals surface area contributed by atoms with Crippen LogP contribution in [0.5, 0.6) is 0 Å². The molecule has 0 atom stereocenters. The summed E-state index contributed by atoms with van der Waals surface area (Å²) in [6.45, 7) is 10.6. The van der Waals surface area contributed by atoms with Crippen LogP contribution in [0.1, 0.15) is 60.2 Å². The average molecular weight is 529 g/mol. The highest BCUT2D eigenvalue weighted by Gasteiger charge is 2.34. The van der Waals surface area contributed by atoms with E-state index in [4.69, 9.17) is 28.4 Å². The molecule has 38 heavy (non-hydrogen) atoms. The maximum Gasteiger partial charge on any atom is 0.338 e. The second-order valence-corrected chi connectivity index (χ2v) is 11.1. The molecule has 0 bridgehead atoms. The minimum atomic E-state index is -0.400. The Kier molecular flexibility index (Phi) is 10.1. The molecule has 4 rings (SSSR count). The lowest BCUT2D eigenvalue weighted by Crippen LogP contribution is -2.43. The number of carbonyl (C=O) groups is 2. The Balaban J connectivity index is 1.18. The Labute approximate surface area is 224 Å². The van der Waals surface area contributed by atoms with Crippen LogP contribution in [0.4, 0.5) is 0 Å². The Bertz CT molecular complexity index is 988. The van der Waals surface area contributed by atoms with Crippen molar-refractivity contribution in [2.75, 3.05) is 66.1 Å². The highest BCUT2D eigenvalue weighted by Crippen LogP contribution is 2.27. The van der Waals surface area contributed by atoms with E-state index in [9.17, 15) is 9.59 Å². The van der Waals surface area contributed by atoms with E-state index in [0.717, 1.165) is 52.1 Å². The van der Waals surface area contributed by atoms with Crippen LogP contribution in [0.3, 0.4) is 0 Å². The molecule has 2 heterocycles. The van der Waals surface area contributed by atoms with Crippen molar-refractivity contribution in [1.29, 1.82) is 0 Å². The number of carbonyl (C=O) groups excluding carboxylic acids is 2. The predicted molar refractivity (Wildman–Crippen MR) is 142 cm³/mol. The summed E-state index contributed by atoms with van der Waals surface area (Å²) in [5.41, 5.74) is 1.17. The molecule has 0 spiro atoms. The second kappa shape index (κ2) is 13.5. The van der Waals surface area contributed by atoms with E-state index in [-0.39, 0.29) is 10.8 Å². The third-order valence-corrected chi connectivity index (χ3v) is 6.90. The van der Waals surface area contributed by atoms with Crippen molar-refractivity contribution in [2.24, 2.45) is 10.8 Å². The molecule has 8 nitrogen and oxygen atoms in total. The number of unbranched alkanes of at least 4 members (excludes halogenated alkanes) is 2. The van der Waals surface area contributed by atoms with Crippen molar-refractivity contribution in [3.63, 3.8) is 0 Å². The molecule has 2 saturated heterocycles. The lowest BCUT2D eigenvalue weighted by molar-refractivity contribution is -0.138. The molecule has 0 saturated carbocycles. The molecule has 0 radical (unpaired) electrons. The van der Waals surface area contributed by atoms with Gasteiger partial charge in [0.05, 0.1) is 64.0 Å². The first-order valence-electron chi connectivity index (χ1n) is 13.6. The van der Waals surface area contributed by atoms with Crippen molar-refractivity contribution >= 4 is 22.7 Å². The van der Waals surface area contributed by atoms with Gasteiger partial charge in [-0.2, -0.15) is 0 Å². The van der Waals surface area contributed by atoms with Crippen LogP contribution in [-0.2, 0) is 28.4 Å². The number of hydrogen-bond acceptors (Lipinski definition) is 8. The van der Waals surface area contributed by atoms with Gasteiger partial charge in [-0.25, -0.2) is 9.59 Å². The number of fused-ring (bicyclic) bond motifs is 1. The zero-order valence-corrected chi connectivity index (χ0v) is 22.6. The predicted octanol–water partition coefficient (Wildman–Crippen LogP) is 4.82. The van der Waals surface area contributed by atoms with Gasteiger partial charge in [0.15, 0.2) is 0 Å². The van der Waals surface area contributed by atoms with E-state index >= 15 is 0 Å². The highest BCUT2D eigenvalue weighted by molar-refractivity contribution is 6.11. The summed E-state index contributed by atoms with van der Waals surface area (Å²) < 4.78 is 32.9. The van der Waals surface area contributed by atoms with Crippen LogP contribution in [0.15, 0.2) is 36.4 Å². The van der Waals surface area contributed by atoms with E-state index in [1.165, 1.54) is 0 Å². The molecule has 2 aromatic rings. The summed E-state index contributed by atoms with van der Waals surface area (Å²) in [6, 6.07) is 10.6. The molecule has 0 N–H and O–H groups in total. The summed E-state index contributed by atoms with van der Waals surface area (Å²) in [5, 5.41) is 1.35. The summed E-state index contributed by atoms with van der Waals surface area (Å²) >= 11 is 0. The van der Waals surface area contributed by atoms with E-state index < -0.39 is 11.9 Å². The molecule has 0 amide bonds. The molecule has 8 heteroatoms. The molecule has 0 aromatic heterocycles. The number of ether oxygens (including phenoxy) is 6. The van der Waals surface area contributed by atoms with E-state index in [1.807, 2.05) is 12.1 Å². The SMILES string of the molecule is CC1(COCCCCOC(=O)c2cccc3c(C(=O)OCCCCOCC4(C)COC4)cccc23)COC1. The lowest BCUT2D eigenvalue weighted by Gasteiger charge is -2.37. The quantitative estimate of drug-likeness (QED) is 0.226. The topological polar surface area (TPSA) is 89.5 Å². The standard InChI is InChI=1S/C30H40O8/c1-29(19-35-20-29)17-33-13-3-5-15-37-27(31)25-11-7-10-24-23(25)9-8-12-26(24)28(32)38-16-6-4-14-34-18-30(2)21-36-22-30/h7-12H,3-6,13-22H2,1-2H3. The van der Waals surface area contributed by atoms with Gasteiger partial charge < -0.3 is 28.4 Å². The van der Waals surface area contributed by atoms with Gasteiger partial charge in [-0.1, -0.05) is 38.1 Å². The van der Waals surface area contributed by atoms with Crippen LogP contribution in [0.25, 0.3) is 10.8 Å². The summed E-state index contributed by atoms with van der Waals surface area (Å²) in [7, 11) is 0. The van der Waals surface area contributed by atoms with Crippen LogP contribution >= 0.6 is 0 Å². The fourth-order valence-corrected chi connectivity index (χ4v) is 4.47. The lowest BCUT2D eigenvalue weighted by atomic mass is 9.90. The molecule has 2 fully saturated rings. The van der Waals surface area contributed by atoms with Gasteiger partial charge in [0.25, 0.3) is 0 Å². The average Bonchev–Trinajstić information content (AvgIpc) is 2.89. The summed E-state index contributed by atoms with van der Waals surface area (Å²) in [5.74, 6) is -0.799. The Morgan fingerprint density at radius 1 is 0.658 bits per heavy atom. The number of esters is 2. The Morgan fingerprint density at radius 3 is 1.42 bits per heavy atom. The van der Waals surface area contributed by atoms with Crippen molar-refractivity contribution in [3.05, 3.63) is 47.5 Å². The van der Waals surface area contributed by atoms with E-state index in [0.29, 0.717) is 61.5 Å². The molecule has 0 aliphatic carbocycles. The zero-order valence-electron chi connectivity index (χ0n) is 22.6. The minimum Gasteiger partial charge on any atom is -0.462 e. The second-order valence-electron chi connectivity index (χ2n) is 11.1. The first-order valence-corrected chi connectivity index (χ1v) is 13.6. The number of benzene rings is 2. The van der Waals surface area contributed by atoms with Crippen LogP contribution < -0.4 is 0 Å². The fraction of sp³-hybridized carbons (Fsp3) is 0.600. The Hall–Kier alpha value is -2.52. The van der Waals surface area contributed by atoms with E-state index in [1.54, 1.807) is 24.3 Å².